The van der Waals surface area contributed by atoms with Crippen molar-refractivity contribution in [1.29, 1.82) is 0 Å². The van der Waals surface area contributed by atoms with Crippen molar-refractivity contribution in [3.63, 3.8) is 0 Å². The van der Waals surface area contributed by atoms with Crippen LogP contribution >= 0.6 is 0 Å². The third kappa shape index (κ3) is 1.71. The molecule has 4 rings (SSSR count). The Morgan fingerprint density at radius 2 is 1.80 bits per heavy atom. The predicted molar refractivity (Wildman–Crippen MR) is 82.5 cm³/mol. The summed E-state index contributed by atoms with van der Waals surface area (Å²) in [5.74, 6) is 1.66. The molecule has 0 radical (unpaired) electrons. The van der Waals surface area contributed by atoms with Crippen molar-refractivity contribution in [1.82, 2.24) is 0 Å². The Morgan fingerprint density at radius 1 is 1.10 bits per heavy atom. The molecule has 0 aromatic carbocycles. The van der Waals surface area contributed by atoms with Gasteiger partial charge in [0.15, 0.2) is 0 Å². The lowest BCUT2D eigenvalue weighted by Gasteiger charge is -2.53. The highest BCUT2D eigenvalue weighted by Crippen LogP contribution is 2.65. The van der Waals surface area contributed by atoms with E-state index >= 15 is 0 Å². The minimum atomic E-state index is 0.200. The normalized spacial score (nSPS) is 48.5. The van der Waals surface area contributed by atoms with Crippen molar-refractivity contribution in [2.45, 2.75) is 83.8 Å². The Balaban J connectivity index is 1.64. The van der Waals surface area contributed by atoms with Gasteiger partial charge in [0.1, 0.15) is 0 Å². The first-order valence-electron chi connectivity index (χ1n) is 8.72. The maximum Gasteiger partial charge on any atom is 0.0929 e. The van der Waals surface area contributed by atoms with Gasteiger partial charge >= 0.3 is 0 Å². The first kappa shape index (κ1) is 13.4. The average molecular weight is 274 g/mol. The van der Waals surface area contributed by atoms with Crippen LogP contribution in [-0.2, 0) is 4.74 Å². The third-order valence-electron chi connectivity index (χ3n) is 7.33. The van der Waals surface area contributed by atoms with Crippen LogP contribution in [0.2, 0.25) is 0 Å². The second-order valence-corrected chi connectivity index (χ2v) is 9.16. The summed E-state index contributed by atoms with van der Waals surface area (Å²) >= 11 is 0. The smallest absolute Gasteiger partial charge is 0.0929 e. The van der Waals surface area contributed by atoms with Gasteiger partial charge in [0.25, 0.3) is 0 Å². The first-order chi connectivity index (χ1) is 9.36. The standard InChI is InChI=1S/C19H30O/c1-13-11-19(8-5-6-9-19)16-18(4,20-16)10-7-15-14(13)12-17(15,2)3/h14-16H,1,5-12H2,2-4H3/t14-,15-,16-,18-/m1/s1. The van der Waals surface area contributed by atoms with E-state index in [0.29, 0.717) is 16.9 Å². The molecular formula is C19H30O. The van der Waals surface area contributed by atoms with E-state index in [0.717, 1.165) is 11.8 Å². The minimum Gasteiger partial charge on any atom is -0.366 e. The van der Waals surface area contributed by atoms with Crippen molar-refractivity contribution >= 4 is 0 Å². The van der Waals surface area contributed by atoms with Crippen LogP contribution in [0, 0.1) is 22.7 Å². The number of epoxide rings is 1. The highest BCUT2D eigenvalue weighted by molar-refractivity contribution is 5.22. The largest absolute Gasteiger partial charge is 0.366 e. The van der Waals surface area contributed by atoms with E-state index < -0.39 is 0 Å². The lowest BCUT2D eigenvalue weighted by atomic mass is 9.52. The molecule has 0 aromatic heterocycles. The van der Waals surface area contributed by atoms with Gasteiger partial charge in [-0.1, -0.05) is 38.8 Å². The number of allylic oxidation sites excluding steroid dienone is 1. The minimum absolute atomic E-state index is 0.200. The summed E-state index contributed by atoms with van der Waals surface area (Å²) in [6.45, 7) is 11.8. The van der Waals surface area contributed by atoms with Crippen LogP contribution in [0.3, 0.4) is 0 Å². The van der Waals surface area contributed by atoms with Crippen molar-refractivity contribution in [3.8, 4) is 0 Å². The molecule has 3 saturated carbocycles. The number of rotatable bonds is 0. The van der Waals surface area contributed by atoms with Crippen LogP contribution in [0.1, 0.15) is 72.1 Å². The van der Waals surface area contributed by atoms with Crippen LogP contribution in [0.15, 0.2) is 12.2 Å². The second kappa shape index (κ2) is 3.91. The van der Waals surface area contributed by atoms with Gasteiger partial charge in [-0.25, -0.2) is 0 Å². The van der Waals surface area contributed by atoms with Gasteiger partial charge in [-0.2, -0.15) is 0 Å². The first-order valence-corrected chi connectivity index (χ1v) is 8.72. The molecule has 4 atom stereocenters. The van der Waals surface area contributed by atoms with Gasteiger partial charge in [0.2, 0.25) is 0 Å². The molecule has 112 valence electrons. The molecule has 0 N–H and O–H groups in total. The van der Waals surface area contributed by atoms with E-state index in [1.165, 1.54) is 51.4 Å². The molecule has 0 unspecified atom stereocenters. The van der Waals surface area contributed by atoms with Gasteiger partial charge in [0, 0.05) is 5.41 Å². The van der Waals surface area contributed by atoms with E-state index in [1.54, 1.807) is 5.57 Å². The molecule has 20 heavy (non-hydrogen) atoms. The molecule has 0 bridgehead atoms. The summed E-state index contributed by atoms with van der Waals surface area (Å²) in [5.41, 5.74) is 2.75. The SMILES string of the molecule is C=C1CC2(CCCC2)[C@@H]2O[C@]2(C)CC[C@@H]2[C@@H]1CC2(C)C. The molecule has 1 heterocycles. The van der Waals surface area contributed by atoms with Gasteiger partial charge in [-0.15, -0.1) is 0 Å². The molecule has 0 aromatic rings. The zero-order valence-electron chi connectivity index (χ0n) is 13.5. The monoisotopic (exact) mass is 274 g/mol. The summed E-state index contributed by atoms with van der Waals surface area (Å²) in [6.07, 6.45) is 11.4. The van der Waals surface area contributed by atoms with E-state index in [2.05, 4.69) is 27.4 Å². The molecule has 1 nitrogen and oxygen atoms in total. The molecule has 3 aliphatic carbocycles. The number of ether oxygens (including phenoxy) is 1. The quantitative estimate of drug-likeness (QED) is 0.442. The Hall–Kier alpha value is -0.300. The molecule has 1 spiro atoms. The summed E-state index contributed by atoms with van der Waals surface area (Å²) < 4.78 is 6.30. The highest BCUT2D eigenvalue weighted by Gasteiger charge is 2.64. The summed E-state index contributed by atoms with van der Waals surface area (Å²) in [6, 6.07) is 0. The maximum atomic E-state index is 6.30. The molecule has 1 heteroatoms. The fourth-order valence-corrected chi connectivity index (χ4v) is 6.10. The molecule has 1 aliphatic heterocycles. The van der Waals surface area contributed by atoms with E-state index in [1.807, 2.05) is 0 Å². The Labute approximate surface area is 124 Å². The third-order valence-corrected chi connectivity index (χ3v) is 7.33. The van der Waals surface area contributed by atoms with Gasteiger partial charge in [-0.05, 0) is 62.7 Å². The zero-order valence-corrected chi connectivity index (χ0v) is 13.5. The van der Waals surface area contributed by atoms with Crippen molar-refractivity contribution in [3.05, 3.63) is 12.2 Å². The maximum absolute atomic E-state index is 6.30. The number of fused-ring (bicyclic) bond motifs is 3. The van der Waals surface area contributed by atoms with E-state index in [4.69, 9.17) is 4.74 Å². The molecule has 0 amide bonds. The fraction of sp³-hybridized carbons (Fsp3) is 0.895. The van der Waals surface area contributed by atoms with Crippen LogP contribution in [0.25, 0.3) is 0 Å². The van der Waals surface area contributed by atoms with E-state index in [9.17, 15) is 0 Å². The van der Waals surface area contributed by atoms with Gasteiger partial charge in [0.05, 0.1) is 11.7 Å². The van der Waals surface area contributed by atoms with Crippen LogP contribution in [0.4, 0.5) is 0 Å². The topological polar surface area (TPSA) is 12.5 Å². The zero-order chi connectivity index (χ0) is 14.2. The van der Waals surface area contributed by atoms with Crippen LogP contribution in [0.5, 0.6) is 0 Å². The van der Waals surface area contributed by atoms with Gasteiger partial charge in [-0.3, -0.25) is 0 Å². The Bertz CT molecular complexity index is 443. The summed E-state index contributed by atoms with van der Waals surface area (Å²) in [7, 11) is 0. The van der Waals surface area contributed by atoms with Crippen LogP contribution < -0.4 is 0 Å². The molecular weight excluding hydrogens is 244 g/mol. The van der Waals surface area contributed by atoms with Gasteiger partial charge < -0.3 is 4.74 Å². The van der Waals surface area contributed by atoms with Crippen LogP contribution in [-0.4, -0.2) is 11.7 Å². The van der Waals surface area contributed by atoms with Crippen molar-refractivity contribution in [2.24, 2.45) is 22.7 Å². The number of hydrogen-bond acceptors (Lipinski definition) is 1. The Kier molecular flexibility index (Phi) is 2.61. The molecule has 1 saturated heterocycles. The van der Waals surface area contributed by atoms with Crippen molar-refractivity contribution in [2.75, 3.05) is 0 Å². The lowest BCUT2D eigenvalue weighted by Crippen LogP contribution is -2.45. The predicted octanol–water partition coefficient (Wildman–Crippen LogP) is 5.11. The summed E-state index contributed by atoms with van der Waals surface area (Å²) in [4.78, 5) is 0. The van der Waals surface area contributed by atoms with E-state index in [-0.39, 0.29) is 5.60 Å². The molecule has 4 fully saturated rings. The average Bonchev–Trinajstić information content (AvgIpc) is 2.83. The lowest BCUT2D eigenvalue weighted by molar-refractivity contribution is -0.00510. The molecule has 4 aliphatic rings. The second-order valence-electron chi connectivity index (χ2n) is 9.16. The van der Waals surface area contributed by atoms with Crippen molar-refractivity contribution < 1.29 is 4.74 Å². The summed E-state index contributed by atoms with van der Waals surface area (Å²) in [5, 5.41) is 0. The number of hydrogen-bond donors (Lipinski definition) is 0. The fourth-order valence-electron chi connectivity index (χ4n) is 6.10. The highest BCUT2D eigenvalue weighted by atomic mass is 16.6. The Morgan fingerprint density at radius 3 is 2.45 bits per heavy atom.